The topological polar surface area (TPSA) is 94.6 Å². The highest BCUT2D eigenvalue weighted by atomic mass is 35.5. The Labute approximate surface area is 153 Å². The zero-order chi connectivity index (χ0) is 17.9. The maximum Gasteiger partial charge on any atom is 0.249 e. The molecule has 0 radical (unpaired) electrons. The molecule has 0 fully saturated rings. The molecule has 2 aromatic carbocycles. The molecule has 130 valence electrons. The molecule has 0 amide bonds. The van der Waals surface area contributed by atoms with Gasteiger partial charge in [0.1, 0.15) is 6.33 Å². The number of anilines is 1. The molecular weight excluding hydrogens is 354 g/mol. The molecule has 1 N–H and O–H groups in total. The van der Waals surface area contributed by atoms with Gasteiger partial charge in [-0.25, -0.2) is 4.68 Å². The van der Waals surface area contributed by atoms with Crippen molar-refractivity contribution < 1.29 is 4.42 Å². The van der Waals surface area contributed by atoms with Crippen LogP contribution < -0.4 is 5.32 Å². The normalized spacial score (nSPS) is 10.8. The Morgan fingerprint density at radius 3 is 2.81 bits per heavy atom. The van der Waals surface area contributed by atoms with E-state index >= 15 is 0 Å². The van der Waals surface area contributed by atoms with Crippen molar-refractivity contribution in [2.45, 2.75) is 13.5 Å². The number of nitrogens with one attached hydrogen (secondary N) is 1. The van der Waals surface area contributed by atoms with Crippen LogP contribution in [0.15, 0.2) is 53.2 Å². The fourth-order valence-corrected chi connectivity index (χ4v) is 2.79. The second kappa shape index (κ2) is 6.93. The molecule has 0 aliphatic carbocycles. The van der Waals surface area contributed by atoms with E-state index in [1.165, 1.54) is 0 Å². The highest BCUT2D eigenvalue weighted by Crippen LogP contribution is 2.27. The van der Waals surface area contributed by atoms with Gasteiger partial charge in [-0.3, -0.25) is 0 Å². The Balaban J connectivity index is 1.52. The van der Waals surface area contributed by atoms with Crippen LogP contribution in [0.25, 0.3) is 17.1 Å². The monoisotopic (exact) mass is 367 g/mol. The molecular formula is C17H14ClN7O. The first kappa shape index (κ1) is 16.2. The van der Waals surface area contributed by atoms with Crippen LogP contribution in [-0.4, -0.2) is 30.4 Å². The molecule has 8 nitrogen and oxygen atoms in total. The Hall–Kier alpha value is -3.26. The quantitative estimate of drug-likeness (QED) is 0.578. The number of benzene rings is 2. The molecule has 0 bridgehead atoms. The summed E-state index contributed by atoms with van der Waals surface area (Å²) in [5.41, 5.74) is 3.54. The third-order valence-electron chi connectivity index (χ3n) is 3.90. The highest BCUT2D eigenvalue weighted by Gasteiger charge is 2.12. The highest BCUT2D eigenvalue weighted by molar-refractivity contribution is 6.33. The minimum Gasteiger partial charge on any atom is -0.419 e. The summed E-state index contributed by atoms with van der Waals surface area (Å²) >= 11 is 6.17. The zero-order valence-corrected chi connectivity index (χ0v) is 14.6. The Kier molecular flexibility index (Phi) is 4.32. The lowest BCUT2D eigenvalue weighted by molar-refractivity contribution is 0.515. The molecule has 0 saturated carbocycles. The van der Waals surface area contributed by atoms with Crippen LogP contribution in [0.2, 0.25) is 5.02 Å². The van der Waals surface area contributed by atoms with Crippen LogP contribution in [0.5, 0.6) is 0 Å². The van der Waals surface area contributed by atoms with Gasteiger partial charge >= 0.3 is 0 Å². The van der Waals surface area contributed by atoms with E-state index in [4.69, 9.17) is 16.0 Å². The first-order valence-electron chi connectivity index (χ1n) is 7.86. The summed E-state index contributed by atoms with van der Waals surface area (Å²) in [5, 5.41) is 23.3. The van der Waals surface area contributed by atoms with Crippen molar-refractivity contribution in [1.82, 2.24) is 30.4 Å². The predicted octanol–water partition coefficient (Wildman–Crippen LogP) is 3.29. The Morgan fingerprint density at radius 1 is 1.12 bits per heavy atom. The van der Waals surface area contributed by atoms with Crippen LogP contribution in [0, 0.1) is 6.92 Å². The van der Waals surface area contributed by atoms with Gasteiger partial charge in [0, 0.05) is 5.69 Å². The van der Waals surface area contributed by atoms with E-state index in [2.05, 4.69) is 31.0 Å². The summed E-state index contributed by atoms with van der Waals surface area (Å²) in [6.07, 6.45) is 1.56. The molecule has 0 saturated heterocycles. The van der Waals surface area contributed by atoms with Crippen molar-refractivity contribution >= 4 is 17.3 Å². The van der Waals surface area contributed by atoms with Crippen molar-refractivity contribution in [3.05, 3.63) is 65.3 Å². The summed E-state index contributed by atoms with van der Waals surface area (Å²) in [7, 11) is 0. The van der Waals surface area contributed by atoms with Crippen LogP contribution in [0.1, 0.15) is 11.5 Å². The Bertz CT molecular complexity index is 1030. The van der Waals surface area contributed by atoms with Crippen molar-refractivity contribution in [2.75, 3.05) is 5.32 Å². The van der Waals surface area contributed by atoms with E-state index in [0.717, 1.165) is 16.9 Å². The van der Waals surface area contributed by atoms with Crippen molar-refractivity contribution in [3.8, 4) is 17.1 Å². The van der Waals surface area contributed by atoms with Gasteiger partial charge < -0.3 is 9.73 Å². The van der Waals surface area contributed by atoms with Crippen LogP contribution >= 0.6 is 11.6 Å². The lowest BCUT2D eigenvalue weighted by Gasteiger charge is -2.11. The summed E-state index contributed by atoms with van der Waals surface area (Å²) in [6, 6.07) is 13.2. The smallest absolute Gasteiger partial charge is 0.249 e. The van der Waals surface area contributed by atoms with E-state index in [0.29, 0.717) is 28.9 Å². The summed E-state index contributed by atoms with van der Waals surface area (Å²) in [4.78, 5) is 0. The molecule has 4 aromatic rings. The molecule has 26 heavy (non-hydrogen) atoms. The van der Waals surface area contributed by atoms with Gasteiger partial charge in [-0.05, 0) is 47.2 Å². The average molecular weight is 368 g/mol. The molecule has 0 aliphatic rings. The number of hydrogen-bond acceptors (Lipinski definition) is 7. The third kappa shape index (κ3) is 3.14. The molecule has 4 rings (SSSR count). The van der Waals surface area contributed by atoms with E-state index in [9.17, 15) is 0 Å². The lowest BCUT2D eigenvalue weighted by Crippen LogP contribution is -2.05. The standard InChI is InChI=1S/C17H14ClN7O/c1-11-14(7-4-8-15(11)25-10-20-23-24-25)19-9-16-21-22-17(26-16)12-5-2-3-6-13(12)18/h2-8,10,19H,9H2,1H3. The van der Waals surface area contributed by atoms with Crippen LogP contribution in [0.4, 0.5) is 5.69 Å². The number of halogens is 1. The summed E-state index contributed by atoms with van der Waals surface area (Å²) in [6.45, 7) is 2.37. The largest absolute Gasteiger partial charge is 0.419 e. The van der Waals surface area contributed by atoms with Gasteiger partial charge in [-0.15, -0.1) is 15.3 Å². The maximum atomic E-state index is 6.17. The number of tetrazole rings is 1. The molecule has 9 heteroatoms. The second-order valence-corrected chi connectivity index (χ2v) is 5.95. The third-order valence-corrected chi connectivity index (χ3v) is 4.23. The summed E-state index contributed by atoms with van der Waals surface area (Å²) in [5.74, 6) is 0.860. The lowest BCUT2D eigenvalue weighted by atomic mass is 10.1. The van der Waals surface area contributed by atoms with Gasteiger partial charge in [0.2, 0.25) is 11.8 Å². The summed E-state index contributed by atoms with van der Waals surface area (Å²) < 4.78 is 7.32. The van der Waals surface area contributed by atoms with Gasteiger partial charge in [0.05, 0.1) is 22.8 Å². The van der Waals surface area contributed by atoms with E-state index < -0.39 is 0 Å². The van der Waals surface area contributed by atoms with Crippen molar-refractivity contribution in [3.63, 3.8) is 0 Å². The molecule has 0 unspecified atom stereocenters. The van der Waals surface area contributed by atoms with Crippen molar-refractivity contribution in [2.24, 2.45) is 0 Å². The SMILES string of the molecule is Cc1c(NCc2nnc(-c3ccccc3Cl)o2)cccc1-n1cnnn1. The predicted molar refractivity (Wildman–Crippen MR) is 96.0 cm³/mol. The number of rotatable bonds is 5. The van der Waals surface area contributed by atoms with E-state index in [1.54, 1.807) is 17.1 Å². The average Bonchev–Trinajstić information content (AvgIpc) is 3.33. The number of aromatic nitrogens is 6. The Morgan fingerprint density at radius 2 is 2.00 bits per heavy atom. The minimum absolute atomic E-state index is 0.386. The first-order chi connectivity index (χ1) is 12.7. The molecule has 0 atom stereocenters. The van der Waals surface area contributed by atoms with Crippen LogP contribution in [-0.2, 0) is 6.54 Å². The van der Waals surface area contributed by atoms with Gasteiger partial charge in [-0.1, -0.05) is 29.8 Å². The zero-order valence-electron chi connectivity index (χ0n) is 13.8. The van der Waals surface area contributed by atoms with Gasteiger partial charge in [0.15, 0.2) is 0 Å². The fourth-order valence-electron chi connectivity index (χ4n) is 2.57. The van der Waals surface area contributed by atoms with Gasteiger partial charge in [-0.2, -0.15) is 0 Å². The first-order valence-corrected chi connectivity index (χ1v) is 8.24. The molecule has 2 heterocycles. The number of nitrogens with zero attached hydrogens (tertiary/aromatic N) is 6. The maximum absolute atomic E-state index is 6.17. The van der Waals surface area contributed by atoms with E-state index in [-0.39, 0.29) is 0 Å². The van der Waals surface area contributed by atoms with E-state index in [1.807, 2.05) is 43.3 Å². The fraction of sp³-hybridized carbons (Fsp3) is 0.118. The molecule has 0 spiro atoms. The second-order valence-electron chi connectivity index (χ2n) is 5.54. The van der Waals surface area contributed by atoms with Crippen molar-refractivity contribution in [1.29, 1.82) is 0 Å². The van der Waals surface area contributed by atoms with Gasteiger partial charge in [0.25, 0.3) is 0 Å². The number of hydrogen-bond donors (Lipinski definition) is 1. The van der Waals surface area contributed by atoms with Crippen LogP contribution in [0.3, 0.4) is 0 Å². The minimum atomic E-state index is 0.386. The molecule has 0 aliphatic heterocycles. The molecule has 2 aromatic heterocycles.